The molecule has 5 atom stereocenters. The van der Waals surface area contributed by atoms with Crippen LogP contribution in [0.15, 0.2) is 91.0 Å². The van der Waals surface area contributed by atoms with E-state index in [-0.39, 0.29) is 6.61 Å². The van der Waals surface area contributed by atoms with Crippen LogP contribution >= 0.6 is 0 Å². The van der Waals surface area contributed by atoms with Crippen LogP contribution in [0.2, 0.25) is 0 Å². The van der Waals surface area contributed by atoms with E-state index >= 15 is 0 Å². The highest BCUT2D eigenvalue weighted by Crippen LogP contribution is 2.41. The molecule has 1 aliphatic rings. The average Bonchev–Trinajstić information content (AvgIpc) is 2.94. The molecule has 1 aliphatic heterocycles. The smallest absolute Gasteiger partial charge is 0.303 e. The third kappa shape index (κ3) is 6.39. The molecule has 3 aromatic rings. The van der Waals surface area contributed by atoms with E-state index < -0.39 is 54.2 Å². The van der Waals surface area contributed by atoms with Gasteiger partial charge in [-0.15, -0.1) is 0 Å². The average molecular weight is 549 g/mol. The molecule has 9 nitrogen and oxygen atoms in total. The molecule has 1 saturated heterocycles. The van der Waals surface area contributed by atoms with E-state index in [9.17, 15) is 19.5 Å². The van der Waals surface area contributed by atoms with Gasteiger partial charge in [-0.05, 0) is 16.7 Å². The maximum Gasteiger partial charge on any atom is 0.303 e. The quantitative estimate of drug-likeness (QED) is 0.244. The summed E-state index contributed by atoms with van der Waals surface area (Å²) in [6.07, 6.45) is -6.82. The molecule has 9 heteroatoms. The number of rotatable bonds is 9. The molecule has 0 spiro atoms. The number of esters is 3. The van der Waals surface area contributed by atoms with Gasteiger partial charge in [-0.1, -0.05) is 91.0 Å². The predicted molar refractivity (Wildman–Crippen MR) is 143 cm³/mol. The van der Waals surface area contributed by atoms with Crippen molar-refractivity contribution in [2.75, 3.05) is 6.61 Å². The Hall–Kier alpha value is -4.05. The summed E-state index contributed by atoms with van der Waals surface area (Å²) in [6.45, 7) is 3.28. The Morgan fingerprint density at radius 1 is 0.650 bits per heavy atom. The van der Waals surface area contributed by atoms with Crippen molar-refractivity contribution >= 4 is 17.9 Å². The summed E-state index contributed by atoms with van der Waals surface area (Å²) in [5.74, 6) is -2.15. The zero-order chi connectivity index (χ0) is 28.7. The summed E-state index contributed by atoms with van der Waals surface area (Å²) in [4.78, 5) is 35.9. The lowest BCUT2D eigenvalue weighted by Gasteiger charge is -2.44. The van der Waals surface area contributed by atoms with Crippen molar-refractivity contribution in [2.24, 2.45) is 0 Å². The van der Waals surface area contributed by atoms with Crippen LogP contribution in [0.1, 0.15) is 37.5 Å². The number of ether oxygens (including phenoxy) is 5. The van der Waals surface area contributed by atoms with E-state index in [4.69, 9.17) is 23.7 Å². The predicted octanol–water partition coefficient (Wildman–Crippen LogP) is 3.51. The molecule has 0 unspecified atom stereocenters. The second-order valence-electron chi connectivity index (χ2n) is 9.38. The fourth-order valence-electron chi connectivity index (χ4n) is 4.98. The van der Waals surface area contributed by atoms with Crippen molar-refractivity contribution in [3.63, 3.8) is 0 Å². The Labute approximate surface area is 232 Å². The number of carbonyl (C=O) groups is 3. The fourth-order valence-corrected chi connectivity index (χ4v) is 4.98. The minimum atomic E-state index is -1.69. The number of hydrogen-bond donors (Lipinski definition) is 1. The van der Waals surface area contributed by atoms with E-state index in [1.165, 1.54) is 6.92 Å². The Morgan fingerprint density at radius 3 is 1.43 bits per heavy atom. The molecule has 0 aliphatic carbocycles. The zero-order valence-corrected chi connectivity index (χ0v) is 22.5. The van der Waals surface area contributed by atoms with Crippen LogP contribution in [-0.2, 0) is 43.7 Å². The number of carbonyl (C=O) groups excluding carboxylic acids is 3. The van der Waals surface area contributed by atoms with Gasteiger partial charge < -0.3 is 28.8 Å². The van der Waals surface area contributed by atoms with Crippen molar-refractivity contribution in [1.29, 1.82) is 0 Å². The largest absolute Gasteiger partial charge is 0.456 e. The van der Waals surface area contributed by atoms with Crippen molar-refractivity contribution in [3.05, 3.63) is 108 Å². The first-order chi connectivity index (χ1) is 19.2. The zero-order valence-electron chi connectivity index (χ0n) is 22.5. The molecule has 1 fully saturated rings. The van der Waals surface area contributed by atoms with Crippen LogP contribution in [0.25, 0.3) is 0 Å². The monoisotopic (exact) mass is 548 g/mol. The first-order valence-electron chi connectivity index (χ1n) is 12.9. The van der Waals surface area contributed by atoms with Gasteiger partial charge in [0.25, 0.3) is 0 Å². The van der Waals surface area contributed by atoms with Crippen LogP contribution in [0.3, 0.4) is 0 Å². The summed E-state index contributed by atoms with van der Waals surface area (Å²) in [5, 5.41) is 10.8. The number of hydrogen-bond acceptors (Lipinski definition) is 9. The topological polar surface area (TPSA) is 118 Å². The van der Waals surface area contributed by atoms with Crippen LogP contribution in [0, 0.1) is 0 Å². The highest BCUT2D eigenvalue weighted by Gasteiger charge is 2.52. The maximum absolute atomic E-state index is 12.1. The Balaban J connectivity index is 1.79. The molecule has 1 heterocycles. The molecule has 4 rings (SSSR count). The number of aliphatic hydroxyl groups excluding tert-OH is 1. The van der Waals surface area contributed by atoms with Gasteiger partial charge in [-0.25, -0.2) is 0 Å². The standard InChI is InChI=1S/C31H32O9/c1-20(32)37-27-26(40-30(35)29(39-22(3)34)28(27)38-21(2)33)19-36-31(23-13-7-4-8-14-23,24-15-9-5-10-16-24)25-17-11-6-12-18-25/h4-18,26-30,35H,19H2,1-3H3/t26-,27+,28+,29-,30+/m1/s1. The van der Waals surface area contributed by atoms with Crippen LogP contribution < -0.4 is 0 Å². The lowest BCUT2D eigenvalue weighted by molar-refractivity contribution is -0.299. The fraction of sp³-hybridized carbons (Fsp3) is 0.323. The first-order valence-corrected chi connectivity index (χ1v) is 12.9. The highest BCUT2D eigenvalue weighted by molar-refractivity contribution is 5.68. The van der Waals surface area contributed by atoms with Crippen LogP contribution in [0.4, 0.5) is 0 Å². The van der Waals surface area contributed by atoms with Crippen molar-refractivity contribution in [1.82, 2.24) is 0 Å². The molecule has 40 heavy (non-hydrogen) atoms. The third-order valence-electron chi connectivity index (χ3n) is 6.52. The van der Waals surface area contributed by atoms with E-state index in [2.05, 4.69) is 0 Å². The number of aliphatic hydroxyl groups is 1. The molecular weight excluding hydrogens is 516 g/mol. The molecule has 210 valence electrons. The SMILES string of the molecule is CC(=O)O[C@@H]1[C@@H](OC(C)=O)[C@@H](O)O[C@H](COC(c2ccccc2)(c2ccccc2)c2ccccc2)[C@@H]1OC(C)=O. The summed E-state index contributed by atoms with van der Waals surface area (Å²) in [6, 6.07) is 28.8. The van der Waals surface area contributed by atoms with Crippen molar-refractivity contribution < 1.29 is 43.2 Å². The van der Waals surface area contributed by atoms with Gasteiger partial charge in [0.1, 0.15) is 11.7 Å². The second-order valence-corrected chi connectivity index (χ2v) is 9.38. The van der Waals surface area contributed by atoms with E-state index in [1.54, 1.807) is 0 Å². The molecule has 0 saturated carbocycles. The first kappa shape index (κ1) is 28.9. The molecule has 3 aromatic carbocycles. The van der Waals surface area contributed by atoms with Crippen molar-refractivity contribution in [2.45, 2.75) is 57.1 Å². The Morgan fingerprint density at radius 2 is 1.02 bits per heavy atom. The summed E-state index contributed by atoms with van der Waals surface area (Å²) < 4.78 is 28.8. The van der Waals surface area contributed by atoms with E-state index in [0.717, 1.165) is 30.5 Å². The molecule has 0 aromatic heterocycles. The summed E-state index contributed by atoms with van der Waals surface area (Å²) >= 11 is 0. The van der Waals surface area contributed by atoms with Gasteiger partial charge in [0, 0.05) is 20.8 Å². The normalized spacial score (nSPS) is 22.6. The summed E-state index contributed by atoms with van der Waals surface area (Å²) in [5.41, 5.74) is 1.33. The minimum Gasteiger partial charge on any atom is -0.456 e. The van der Waals surface area contributed by atoms with Crippen LogP contribution in [-0.4, -0.2) is 60.3 Å². The van der Waals surface area contributed by atoms with Gasteiger partial charge in [0.2, 0.25) is 0 Å². The lowest BCUT2D eigenvalue weighted by atomic mass is 9.80. The van der Waals surface area contributed by atoms with Crippen LogP contribution in [0.5, 0.6) is 0 Å². The molecular formula is C31H32O9. The van der Waals surface area contributed by atoms with E-state index in [1.807, 2.05) is 91.0 Å². The van der Waals surface area contributed by atoms with Gasteiger partial charge in [-0.2, -0.15) is 0 Å². The molecule has 0 bridgehead atoms. The number of benzene rings is 3. The molecule has 0 radical (unpaired) electrons. The lowest BCUT2D eigenvalue weighted by Crippen LogP contribution is -2.62. The van der Waals surface area contributed by atoms with Gasteiger partial charge in [0.05, 0.1) is 6.61 Å². The minimum absolute atomic E-state index is 0.210. The van der Waals surface area contributed by atoms with E-state index in [0.29, 0.717) is 0 Å². The molecule has 1 N–H and O–H groups in total. The Kier molecular flexibility index (Phi) is 9.31. The second kappa shape index (κ2) is 12.9. The highest BCUT2D eigenvalue weighted by atomic mass is 16.7. The van der Waals surface area contributed by atoms with Gasteiger partial charge in [0.15, 0.2) is 24.6 Å². The summed E-state index contributed by atoms with van der Waals surface area (Å²) in [7, 11) is 0. The van der Waals surface area contributed by atoms with Crippen molar-refractivity contribution in [3.8, 4) is 0 Å². The van der Waals surface area contributed by atoms with Gasteiger partial charge >= 0.3 is 17.9 Å². The van der Waals surface area contributed by atoms with Gasteiger partial charge in [-0.3, -0.25) is 14.4 Å². The Bertz CT molecular complexity index is 1180. The third-order valence-corrected chi connectivity index (χ3v) is 6.52. The maximum atomic E-state index is 12.1. The molecule has 0 amide bonds.